The quantitative estimate of drug-likeness (QED) is 0.776. The zero-order chi connectivity index (χ0) is 14.5. The molecule has 0 spiro atoms. The Labute approximate surface area is 115 Å². The first kappa shape index (κ1) is 14.4. The normalized spacial score (nSPS) is 20.5. The number of nitrogens with zero attached hydrogens (tertiary/aromatic N) is 5. The van der Waals surface area contributed by atoms with Crippen LogP contribution in [-0.4, -0.2) is 62.2 Å². The first-order valence-electron chi connectivity index (χ1n) is 6.49. The summed E-state index contributed by atoms with van der Waals surface area (Å²) >= 11 is 0. The van der Waals surface area contributed by atoms with Crippen molar-refractivity contribution in [3.63, 3.8) is 0 Å². The molecule has 110 valence electrons. The van der Waals surface area contributed by atoms with Crippen molar-refractivity contribution in [3.8, 4) is 0 Å². The van der Waals surface area contributed by atoms with Gasteiger partial charge in [0.05, 0.1) is 6.54 Å². The smallest absolute Gasteiger partial charge is 0.244 e. The van der Waals surface area contributed by atoms with Gasteiger partial charge in [-0.25, -0.2) is 9.07 Å². The molecule has 0 bridgehead atoms. The number of halogens is 1. The summed E-state index contributed by atoms with van der Waals surface area (Å²) in [4.78, 5) is 25.2. The highest BCUT2D eigenvalue weighted by molar-refractivity contribution is 5.87. The summed E-state index contributed by atoms with van der Waals surface area (Å²) in [5.74, 6) is -0.635. The Kier molecular flexibility index (Phi) is 4.59. The minimum Gasteiger partial charge on any atom is -0.343 e. The zero-order valence-electron chi connectivity index (χ0n) is 11.2. The topological polar surface area (TPSA) is 93.0 Å². The van der Waals surface area contributed by atoms with E-state index >= 15 is 0 Å². The van der Waals surface area contributed by atoms with Crippen molar-refractivity contribution >= 4 is 11.8 Å². The second-order valence-electron chi connectivity index (χ2n) is 4.82. The van der Waals surface area contributed by atoms with Gasteiger partial charge in [-0.15, -0.1) is 5.10 Å². The van der Waals surface area contributed by atoms with Gasteiger partial charge in [-0.05, 0) is 30.2 Å². The van der Waals surface area contributed by atoms with Gasteiger partial charge < -0.3 is 10.2 Å². The number of hydrogen-bond acceptors (Lipinski definition) is 5. The summed E-state index contributed by atoms with van der Waals surface area (Å²) in [6.07, 6.45) is 1.48. The molecule has 2 rings (SSSR count). The van der Waals surface area contributed by atoms with Gasteiger partial charge in [0.1, 0.15) is 25.1 Å². The van der Waals surface area contributed by atoms with Crippen LogP contribution in [0.2, 0.25) is 0 Å². The van der Waals surface area contributed by atoms with Crippen LogP contribution in [0.5, 0.6) is 0 Å². The van der Waals surface area contributed by atoms with Gasteiger partial charge in [0.15, 0.2) is 0 Å². The highest BCUT2D eigenvalue weighted by Crippen LogP contribution is 2.13. The van der Waals surface area contributed by atoms with Crippen LogP contribution in [0.1, 0.15) is 19.8 Å². The fraction of sp³-hybridized carbons (Fsp3) is 0.727. The van der Waals surface area contributed by atoms with E-state index in [-0.39, 0.29) is 24.9 Å². The third-order valence-corrected chi connectivity index (χ3v) is 3.12. The number of hydrogen-bond donors (Lipinski definition) is 1. The van der Waals surface area contributed by atoms with Gasteiger partial charge >= 0.3 is 0 Å². The Morgan fingerprint density at radius 3 is 3.00 bits per heavy atom. The van der Waals surface area contributed by atoms with Crippen molar-refractivity contribution in [3.05, 3.63) is 6.33 Å². The van der Waals surface area contributed by atoms with Gasteiger partial charge in [-0.1, -0.05) is 0 Å². The molecule has 0 aromatic carbocycles. The lowest BCUT2D eigenvalue weighted by Crippen LogP contribution is -2.50. The van der Waals surface area contributed by atoms with Crippen molar-refractivity contribution in [1.29, 1.82) is 0 Å². The maximum atomic E-state index is 13.3. The molecule has 1 N–H and O–H groups in total. The van der Waals surface area contributed by atoms with E-state index in [0.29, 0.717) is 19.4 Å². The van der Waals surface area contributed by atoms with Gasteiger partial charge in [-0.2, -0.15) is 0 Å². The maximum Gasteiger partial charge on any atom is 0.244 e. The molecule has 0 aliphatic carbocycles. The third kappa shape index (κ3) is 3.72. The number of carbonyl (C=O) groups is 2. The second kappa shape index (κ2) is 6.40. The molecule has 1 aliphatic heterocycles. The minimum absolute atomic E-state index is 0.0592. The van der Waals surface area contributed by atoms with Crippen LogP contribution in [0.3, 0.4) is 0 Å². The van der Waals surface area contributed by atoms with E-state index < -0.39 is 12.2 Å². The van der Waals surface area contributed by atoms with Crippen molar-refractivity contribution in [1.82, 2.24) is 30.4 Å². The molecule has 1 aromatic rings. The molecule has 1 fully saturated rings. The Morgan fingerprint density at radius 1 is 1.55 bits per heavy atom. The van der Waals surface area contributed by atoms with E-state index in [1.807, 2.05) is 0 Å². The molecule has 2 heterocycles. The largest absolute Gasteiger partial charge is 0.343 e. The molecule has 1 saturated heterocycles. The van der Waals surface area contributed by atoms with Crippen LogP contribution in [0.4, 0.5) is 4.39 Å². The van der Waals surface area contributed by atoms with Gasteiger partial charge in [-0.3, -0.25) is 9.59 Å². The number of aromatic nitrogens is 4. The molecular weight excluding hydrogens is 267 g/mol. The lowest BCUT2D eigenvalue weighted by Gasteiger charge is -2.31. The fourth-order valence-corrected chi connectivity index (χ4v) is 2.15. The van der Waals surface area contributed by atoms with Crippen molar-refractivity contribution < 1.29 is 14.0 Å². The van der Waals surface area contributed by atoms with E-state index in [0.717, 1.165) is 0 Å². The second-order valence-corrected chi connectivity index (χ2v) is 4.82. The number of amides is 2. The number of rotatable bonds is 4. The third-order valence-electron chi connectivity index (χ3n) is 3.12. The fourth-order valence-electron chi connectivity index (χ4n) is 2.15. The highest BCUT2D eigenvalue weighted by Gasteiger charge is 2.27. The summed E-state index contributed by atoms with van der Waals surface area (Å²) in [6.45, 7) is 2.16. The first-order chi connectivity index (χ1) is 9.56. The monoisotopic (exact) mass is 284 g/mol. The Balaban J connectivity index is 1.82. The molecule has 8 nitrogen and oxygen atoms in total. The number of nitrogens with one attached hydrogen (secondary N) is 1. The van der Waals surface area contributed by atoms with Gasteiger partial charge in [0.25, 0.3) is 0 Å². The van der Waals surface area contributed by atoms with Gasteiger partial charge in [0.2, 0.25) is 11.8 Å². The maximum absolute atomic E-state index is 13.3. The average Bonchev–Trinajstić information content (AvgIpc) is 2.90. The molecule has 1 aliphatic rings. The van der Waals surface area contributed by atoms with Gasteiger partial charge in [0, 0.05) is 6.54 Å². The minimum atomic E-state index is -0.975. The van der Waals surface area contributed by atoms with E-state index in [4.69, 9.17) is 0 Å². The lowest BCUT2D eigenvalue weighted by atomic mass is 10.1. The number of carbonyl (C=O) groups excluding carboxylic acids is 2. The summed E-state index contributed by atoms with van der Waals surface area (Å²) in [7, 11) is 0. The average molecular weight is 284 g/mol. The molecule has 1 unspecified atom stereocenters. The molecule has 9 heteroatoms. The first-order valence-corrected chi connectivity index (χ1v) is 6.49. The predicted octanol–water partition coefficient (Wildman–Crippen LogP) is -0.862. The molecule has 2 atom stereocenters. The van der Waals surface area contributed by atoms with Crippen molar-refractivity contribution in [2.75, 3.05) is 13.1 Å². The molecule has 1 aromatic heterocycles. The van der Waals surface area contributed by atoms with Crippen molar-refractivity contribution in [2.24, 2.45) is 0 Å². The number of alkyl halides is 1. The summed E-state index contributed by atoms with van der Waals surface area (Å²) < 4.78 is 14.5. The van der Waals surface area contributed by atoms with Crippen LogP contribution in [0.25, 0.3) is 0 Å². The van der Waals surface area contributed by atoms with Crippen LogP contribution in [-0.2, 0) is 16.1 Å². The standard InChI is InChI=1S/C11H17FN6O2/c1-8(11(20)17-4-2-3-9(12)5-17)14-10(19)6-18-7-13-15-16-18/h7-9H,2-6H2,1H3,(H,14,19)/t8-,9?/m1/s1. The molecular formula is C11H17FN6O2. The van der Waals surface area contributed by atoms with E-state index in [1.54, 1.807) is 6.92 Å². The molecule has 20 heavy (non-hydrogen) atoms. The number of tetrazole rings is 1. The Bertz CT molecular complexity index is 465. The van der Waals surface area contributed by atoms with Crippen LogP contribution in [0, 0.1) is 0 Å². The molecule has 0 saturated carbocycles. The predicted molar refractivity (Wildman–Crippen MR) is 66.1 cm³/mol. The van der Waals surface area contributed by atoms with Crippen molar-refractivity contribution in [2.45, 2.75) is 38.5 Å². The molecule has 2 amide bonds. The van der Waals surface area contributed by atoms with E-state index in [9.17, 15) is 14.0 Å². The number of likely N-dealkylation sites (tertiary alicyclic amines) is 1. The summed E-state index contributed by atoms with van der Waals surface area (Å²) in [5, 5.41) is 12.9. The molecule has 0 radical (unpaired) electrons. The summed E-state index contributed by atoms with van der Waals surface area (Å²) in [6, 6.07) is -0.690. The van der Waals surface area contributed by atoms with E-state index in [1.165, 1.54) is 15.9 Å². The summed E-state index contributed by atoms with van der Waals surface area (Å²) in [5.41, 5.74) is 0. The van der Waals surface area contributed by atoms with Crippen LogP contribution in [0.15, 0.2) is 6.33 Å². The Morgan fingerprint density at radius 2 is 2.35 bits per heavy atom. The SMILES string of the molecule is C[C@@H](NC(=O)Cn1cnnn1)C(=O)N1CCCC(F)C1. The number of piperidine rings is 1. The zero-order valence-corrected chi connectivity index (χ0v) is 11.2. The Hall–Kier alpha value is -2.06. The van der Waals surface area contributed by atoms with E-state index in [2.05, 4.69) is 20.8 Å². The lowest BCUT2D eigenvalue weighted by molar-refractivity contribution is -0.137. The van der Waals surface area contributed by atoms with Crippen LogP contribution >= 0.6 is 0 Å². The van der Waals surface area contributed by atoms with Crippen LogP contribution < -0.4 is 5.32 Å². The highest BCUT2D eigenvalue weighted by atomic mass is 19.1.